The van der Waals surface area contributed by atoms with E-state index in [1.165, 1.54) is 32.1 Å². The van der Waals surface area contributed by atoms with Crippen LogP contribution >= 0.6 is 0 Å². The van der Waals surface area contributed by atoms with Gasteiger partial charge >= 0.3 is 5.97 Å². The van der Waals surface area contributed by atoms with E-state index in [9.17, 15) is 9.59 Å². The lowest BCUT2D eigenvalue weighted by Crippen LogP contribution is -2.24. The van der Waals surface area contributed by atoms with Crippen molar-refractivity contribution >= 4 is 11.9 Å². The zero-order valence-corrected chi connectivity index (χ0v) is 11.1. The second-order valence-electron chi connectivity index (χ2n) is 5.24. The van der Waals surface area contributed by atoms with E-state index < -0.39 is 5.97 Å². The Labute approximate surface area is 109 Å². The van der Waals surface area contributed by atoms with Crippen molar-refractivity contribution in [2.24, 2.45) is 5.92 Å². The first kappa shape index (κ1) is 15.0. The van der Waals surface area contributed by atoms with Gasteiger partial charge in [-0.25, -0.2) is 0 Å². The van der Waals surface area contributed by atoms with Gasteiger partial charge in [0.1, 0.15) is 0 Å². The lowest BCUT2D eigenvalue weighted by atomic mass is 10.0. The highest BCUT2D eigenvalue weighted by Gasteiger charge is 2.14. The van der Waals surface area contributed by atoms with Crippen molar-refractivity contribution in [2.45, 2.75) is 64.2 Å². The molecule has 4 nitrogen and oxygen atoms in total. The van der Waals surface area contributed by atoms with E-state index in [1.54, 1.807) is 0 Å². The van der Waals surface area contributed by atoms with Gasteiger partial charge in [0, 0.05) is 19.4 Å². The number of nitrogens with one attached hydrogen (secondary N) is 1. The fraction of sp³-hybridized carbons (Fsp3) is 0.857. The molecule has 0 saturated heterocycles. The van der Waals surface area contributed by atoms with Crippen molar-refractivity contribution in [1.29, 1.82) is 0 Å². The second kappa shape index (κ2) is 8.95. The highest BCUT2D eigenvalue weighted by molar-refractivity contribution is 5.75. The van der Waals surface area contributed by atoms with E-state index in [0.717, 1.165) is 18.8 Å². The fourth-order valence-corrected chi connectivity index (χ4v) is 2.57. The zero-order chi connectivity index (χ0) is 13.2. The highest BCUT2D eigenvalue weighted by Crippen LogP contribution is 2.28. The standard InChI is InChI=1S/C14H25NO3/c16-13(15-11-4-3-10-14(17)18)9-5-8-12-6-1-2-7-12/h12H,1-11H2,(H,15,16)(H,17,18). The first-order valence-electron chi connectivity index (χ1n) is 7.17. The molecular weight excluding hydrogens is 230 g/mol. The smallest absolute Gasteiger partial charge is 0.303 e. The Hall–Kier alpha value is -1.06. The van der Waals surface area contributed by atoms with Gasteiger partial charge in [-0.2, -0.15) is 0 Å². The maximum atomic E-state index is 11.5. The molecule has 1 rings (SSSR count). The molecule has 0 aromatic rings. The minimum Gasteiger partial charge on any atom is -0.481 e. The minimum atomic E-state index is -0.766. The fourth-order valence-electron chi connectivity index (χ4n) is 2.57. The van der Waals surface area contributed by atoms with Crippen LogP contribution < -0.4 is 5.32 Å². The Morgan fingerprint density at radius 1 is 1.06 bits per heavy atom. The predicted molar refractivity (Wildman–Crippen MR) is 70.3 cm³/mol. The highest BCUT2D eigenvalue weighted by atomic mass is 16.4. The third kappa shape index (κ3) is 7.30. The first-order valence-corrected chi connectivity index (χ1v) is 7.17. The van der Waals surface area contributed by atoms with Crippen LogP contribution in [0.3, 0.4) is 0 Å². The molecule has 104 valence electrons. The largest absolute Gasteiger partial charge is 0.481 e. The summed E-state index contributed by atoms with van der Waals surface area (Å²) in [5.41, 5.74) is 0. The summed E-state index contributed by atoms with van der Waals surface area (Å²) in [7, 11) is 0. The molecule has 0 spiro atoms. The predicted octanol–water partition coefficient (Wildman–Crippen LogP) is 2.72. The third-order valence-electron chi connectivity index (χ3n) is 3.63. The average molecular weight is 255 g/mol. The normalized spacial score (nSPS) is 15.8. The molecule has 4 heteroatoms. The van der Waals surface area contributed by atoms with Gasteiger partial charge in [0.15, 0.2) is 0 Å². The van der Waals surface area contributed by atoms with Gasteiger partial charge in [0.05, 0.1) is 0 Å². The summed E-state index contributed by atoms with van der Waals surface area (Å²) in [4.78, 5) is 21.8. The van der Waals surface area contributed by atoms with E-state index in [1.807, 2.05) is 0 Å². The molecule has 1 aliphatic carbocycles. The Morgan fingerprint density at radius 2 is 1.78 bits per heavy atom. The molecule has 0 atom stereocenters. The number of amides is 1. The monoisotopic (exact) mass is 255 g/mol. The summed E-state index contributed by atoms with van der Waals surface area (Å²) in [6.45, 7) is 0.607. The quantitative estimate of drug-likeness (QED) is 0.622. The Kier molecular flexibility index (Phi) is 7.46. The summed E-state index contributed by atoms with van der Waals surface area (Å²) >= 11 is 0. The van der Waals surface area contributed by atoms with Gasteiger partial charge in [-0.15, -0.1) is 0 Å². The summed E-state index contributed by atoms with van der Waals surface area (Å²) in [6.07, 6.45) is 9.79. The van der Waals surface area contributed by atoms with E-state index >= 15 is 0 Å². The van der Waals surface area contributed by atoms with Gasteiger partial charge in [-0.1, -0.05) is 25.7 Å². The molecule has 2 N–H and O–H groups in total. The van der Waals surface area contributed by atoms with E-state index in [4.69, 9.17) is 5.11 Å². The summed E-state index contributed by atoms with van der Waals surface area (Å²) in [6, 6.07) is 0. The number of carboxylic acids is 1. The van der Waals surface area contributed by atoms with Crippen LogP contribution in [0.4, 0.5) is 0 Å². The molecule has 0 aromatic carbocycles. The molecule has 1 aliphatic rings. The van der Waals surface area contributed by atoms with Crippen molar-refractivity contribution < 1.29 is 14.7 Å². The number of hydrogen-bond acceptors (Lipinski definition) is 2. The van der Waals surface area contributed by atoms with Gasteiger partial charge in [-0.05, 0) is 31.6 Å². The van der Waals surface area contributed by atoms with Crippen molar-refractivity contribution in [3.63, 3.8) is 0 Å². The molecule has 1 fully saturated rings. The van der Waals surface area contributed by atoms with Crippen LogP contribution in [-0.4, -0.2) is 23.5 Å². The molecular formula is C14H25NO3. The maximum Gasteiger partial charge on any atom is 0.303 e. The molecule has 1 amide bonds. The number of rotatable bonds is 9. The van der Waals surface area contributed by atoms with Crippen molar-refractivity contribution in [3.05, 3.63) is 0 Å². The Morgan fingerprint density at radius 3 is 2.44 bits per heavy atom. The summed E-state index contributed by atoms with van der Waals surface area (Å²) < 4.78 is 0. The van der Waals surface area contributed by atoms with Crippen LogP contribution in [0.25, 0.3) is 0 Å². The third-order valence-corrected chi connectivity index (χ3v) is 3.63. The van der Waals surface area contributed by atoms with Crippen molar-refractivity contribution in [3.8, 4) is 0 Å². The molecule has 0 aromatic heterocycles. The van der Waals surface area contributed by atoms with E-state index in [0.29, 0.717) is 19.4 Å². The van der Waals surface area contributed by atoms with Gasteiger partial charge < -0.3 is 10.4 Å². The Bertz CT molecular complexity index is 260. The van der Waals surface area contributed by atoms with Crippen LogP contribution in [0.15, 0.2) is 0 Å². The first-order chi connectivity index (χ1) is 8.68. The number of carbonyl (C=O) groups excluding carboxylic acids is 1. The topological polar surface area (TPSA) is 66.4 Å². The lowest BCUT2D eigenvalue weighted by molar-refractivity contribution is -0.137. The average Bonchev–Trinajstić information content (AvgIpc) is 2.81. The SMILES string of the molecule is O=C(O)CCCCNC(=O)CCCC1CCCC1. The van der Waals surface area contributed by atoms with Gasteiger partial charge in [0.25, 0.3) is 0 Å². The molecule has 18 heavy (non-hydrogen) atoms. The van der Waals surface area contributed by atoms with Crippen LogP contribution in [0, 0.1) is 5.92 Å². The molecule has 0 bridgehead atoms. The van der Waals surface area contributed by atoms with Crippen LogP contribution in [0.5, 0.6) is 0 Å². The van der Waals surface area contributed by atoms with Crippen molar-refractivity contribution in [2.75, 3.05) is 6.54 Å². The van der Waals surface area contributed by atoms with Gasteiger partial charge in [0.2, 0.25) is 5.91 Å². The van der Waals surface area contributed by atoms with Crippen LogP contribution in [-0.2, 0) is 9.59 Å². The van der Waals surface area contributed by atoms with Crippen LogP contribution in [0.2, 0.25) is 0 Å². The number of unbranched alkanes of at least 4 members (excludes halogenated alkanes) is 1. The number of carboxylic acid groups (broad SMARTS) is 1. The number of carbonyl (C=O) groups is 2. The minimum absolute atomic E-state index is 0.114. The van der Waals surface area contributed by atoms with E-state index in [-0.39, 0.29) is 12.3 Å². The molecule has 1 saturated carbocycles. The number of aliphatic carboxylic acids is 1. The van der Waals surface area contributed by atoms with E-state index in [2.05, 4.69) is 5.32 Å². The summed E-state index contributed by atoms with van der Waals surface area (Å²) in [5.74, 6) is 0.203. The molecule has 0 radical (unpaired) electrons. The summed E-state index contributed by atoms with van der Waals surface area (Å²) in [5, 5.41) is 11.3. The Balaban J connectivity index is 1.88. The van der Waals surface area contributed by atoms with Crippen LogP contribution in [0.1, 0.15) is 64.2 Å². The maximum absolute atomic E-state index is 11.5. The molecule has 0 heterocycles. The second-order valence-corrected chi connectivity index (χ2v) is 5.24. The van der Waals surface area contributed by atoms with Gasteiger partial charge in [-0.3, -0.25) is 9.59 Å². The molecule has 0 aliphatic heterocycles. The lowest BCUT2D eigenvalue weighted by Gasteiger charge is -2.08. The van der Waals surface area contributed by atoms with Crippen molar-refractivity contribution in [1.82, 2.24) is 5.32 Å². The zero-order valence-electron chi connectivity index (χ0n) is 11.1. The molecule has 0 unspecified atom stereocenters. The number of hydrogen-bond donors (Lipinski definition) is 2.